The molecule has 1 aromatic heterocycles. The lowest BCUT2D eigenvalue weighted by molar-refractivity contribution is 0.674. The minimum Gasteiger partial charge on any atom is -0.360 e. The van der Waals surface area contributed by atoms with Gasteiger partial charge in [-0.1, -0.05) is 31.9 Å². The molecule has 1 rings (SSSR count). The molecule has 0 atom stereocenters. The van der Waals surface area contributed by atoms with Crippen molar-refractivity contribution in [3.8, 4) is 0 Å². The Morgan fingerprint density at radius 2 is 2.11 bits per heavy atom. The minimum absolute atomic E-state index is 0.742. The molecule has 3 nitrogen and oxygen atoms in total. The number of unbranched alkanes of at least 4 members (excludes halogenated alkanes) is 1. The van der Waals surface area contributed by atoms with Crippen LogP contribution in [0.1, 0.15) is 38.7 Å². The smallest absolute Gasteiger partial charge is 0.128 e. The van der Waals surface area contributed by atoms with Crippen molar-refractivity contribution in [2.75, 3.05) is 25.0 Å². The summed E-state index contributed by atoms with van der Waals surface area (Å²) in [5, 5.41) is 4.11. The van der Waals surface area contributed by atoms with E-state index in [0.29, 0.717) is 0 Å². The standard InChI is InChI=1S/C14H24ClN3/c1-4-6-8-18(3)14-9-12(10-16-7-5-2)13(15)11-17-14/h9,11,16H,4-8,10H2,1-3H3. The second kappa shape index (κ2) is 8.33. The number of rotatable bonds is 8. The van der Waals surface area contributed by atoms with E-state index >= 15 is 0 Å². The lowest BCUT2D eigenvalue weighted by atomic mass is 10.2. The number of hydrogen-bond donors (Lipinski definition) is 1. The largest absolute Gasteiger partial charge is 0.360 e. The molecule has 1 heterocycles. The van der Waals surface area contributed by atoms with Crippen LogP contribution in [0, 0.1) is 0 Å². The minimum atomic E-state index is 0.742. The highest BCUT2D eigenvalue weighted by atomic mass is 35.5. The Morgan fingerprint density at radius 1 is 1.33 bits per heavy atom. The van der Waals surface area contributed by atoms with Crippen LogP contribution in [0.2, 0.25) is 5.02 Å². The van der Waals surface area contributed by atoms with Gasteiger partial charge in [0.2, 0.25) is 0 Å². The van der Waals surface area contributed by atoms with Crippen LogP contribution in [-0.4, -0.2) is 25.1 Å². The summed E-state index contributed by atoms with van der Waals surface area (Å²) in [4.78, 5) is 6.57. The van der Waals surface area contributed by atoms with Gasteiger partial charge in [0, 0.05) is 26.3 Å². The van der Waals surface area contributed by atoms with Gasteiger partial charge in [0.1, 0.15) is 5.82 Å². The molecule has 0 radical (unpaired) electrons. The first-order valence-electron chi connectivity index (χ1n) is 6.75. The van der Waals surface area contributed by atoms with Crippen LogP contribution in [0.3, 0.4) is 0 Å². The van der Waals surface area contributed by atoms with E-state index in [9.17, 15) is 0 Å². The van der Waals surface area contributed by atoms with Crippen molar-refractivity contribution >= 4 is 17.4 Å². The van der Waals surface area contributed by atoms with Gasteiger partial charge in [-0.3, -0.25) is 0 Å². The molecule has 18 heavy (non-hydrogen) atoms. The van der Waals surface area contributed by atoms with Crippen LogP contribution >= 0.6 is 11.6 Å². The molecule has 0 fully saturated rings. The van der Waals surface area contributed by atoms with Crippen molar-refractivity contribution < 1.29 is 0 Å². The molecule has 0 saturated heterocycles. The first-order chi connectivity index (χ1) is 8.69. The second-order valence-corrected chi connectivity index (χ2v) is 4.99. The molecule has 0 aliphatic heterocycles. The third kappa shape index (κ3) is 4.83. The molecular weight excluding hydrogens is 246 g/mol. The molecule has 0 unspecified atom stereocenters. The summed E-state index contributed by atoms with van der Waals surface area (Å²) < 4.78 is 0. The van der Waals surface area contributed by atoms with Crippen LogP contribution in [-0.2, 0) is 6.54 Å². The average molecular weight is 270 g/mol. The van der Waals surface area contributed by atoms with Gasteiger partial charge < -0.3 is 10.2 Å². The maximum atomic E-state index is 6.16. The predicted molar refractivity (Wildman–Crippen MR) is 79.4 cm³/mol. The Labute approximate surface area is 116 Å². The van der Waals surface area contributed by atoms with Crippen molar-refractivity contribution in [1.82, 2.24) is 10.3 Å². The van der Waals surface area contributed by atoms with E-state index in [2.05, 4.69) is 42.2 Å². The zero-order valence-electron chi connectivity index (χ0n) is 11.7. The zero-order valence-corrected chi connectivity index (χ0v) is 12.4. The van der Waals surface area contributed by atoms with Crippen molar-refractivity contribution in [2.45, 2.75) is 39.7 Å². The van der Waals surface area contributed by atoms with Crippen molar-refractivity contribution in [3.63, 3.8) is 0 Å². The van der Waals surface area contributed by atoms with E-state index in [1.165, 1.54) is 12.8 Å². The average Bonchev–Trinajstić information content (AvgIpc) is 2.38. The topological polar surface area (TPSA) is 28.2 Å². The van der Waals surface area contributed by atoms with Crippen LogP contribution < -0.4 is 10.2 Å². The highest BCUT2D eigenvalue weighted by Gasteiger charge is 2.06. The van der Waals surface area contributed by atoms with Crippen molar-refractivity contribution in [3.05, 3.63) is 22.8 Å². The van der Waals surface area contributed by atoms with E-state index in [0.717, 1.165) is 42.5 Å². The Kier molecular flexibility index (Phi) is 7.06. The molecule has 1 aromatic rings. The van der Waals surface area contributed by atoms with Crippen LogP contribution in [0.5, 0.6) is 0 Å². The predicted octanol–water partition coefficient (Wildman–Crippen LogP) is 3.47. The molecule has 102 valence electrons. The lowest BCUT2D eigenvalue weighted by Gasteiger charge is -2.19. The van der Waals surface area contributed by atoms with E-state index in [-0.39, 0.29) is 0 Å². The number of pyridine rings is 1. The summed E-state index contributed by atoms with van der Waals surface area (Å²) in [7, 11) is 2.08. The fourth-order valence-electron chi connectivity index (χ4n) is 1.72. The highest BCUT2D eigenvalue weighted by Crippen LogP contribution is 2.20. The Hall–Kier alpha value is -0.800. The molecular formula is C14H24ClN3. The summed E-state index contributed by atoms with van der Waals surface area (Å²) in [5.74, 6) is 1.00. The van der Waals surface area contributed by atoms with Crippen LogP contribution in [0.25, 0.3) is 0 Å². The molecule has 0 amide bonds. The van der Waals surface area contributed by atoms with Gasteiger partial charge in [0.05, 0.1) is 5.02 Å². The van der Waals surface area contributed by atoms with Crippen LogP contribution in [0.4, 0.5) is 5.82 Å². The Morgan fingerprint density at radius 3 is 2.78 bits per heavy atom. The fourth-order valence-corrected chi connectivity index (χ4v) is 1.89. The molecule has 0 aliphatic rings. The molecule has 0 aromatic carbocycles. The maximum absolute atomic E-state index is 6.16. The molecule has 1 N–H and O–H groups in total. The number of halogens is 1. The van der Waals surface area contributed by atoms with E-state index in [1.54, 1.807) is 6.20 Å². The second-order valence-electron chi connectivity index (χ2n) is 4.59. The van der Waals surface area contributed by atoms with E-state index in [1.807, 2.05) is 0 Å². The van der Waals surface area contributed by atoms with Gasteiger partial charge in [-0.15, -0.1) is 0 Å². The SMILES string of the molecule is CCCCN(C)c1cc(CNCCC)c(Cl)cn1. The zero-order chi connectivity index (χ0) is 13.4. The normalized spacial score (nSPS) is 10.7. The monoisotopic (exact) mass is 269 g/mol. The molecule has 0 spiro atoms. The van der Waals surface area contributed by atoms with E-state index in [4.69, 9.17) is 11.6 Å². The van der Waals surface area contributed by atoms with Crippen molar-refractivity contribution in [1.29, 1.82) is 0 Å². The number of anilines is 1. The van der Waals surface area contributed by atoms with Gasteiger partial charge in [-0.25, -0.2) is 4.98 Å². The van der Waals surface area contributed by atoms with Crippen molar-refractivity contribution in [2.24, 2.45) is 0 Å². The Bertz CT molecular complexity index is 355. The summed E-state index contributed by atoms with van der Waals surface area (Å²) in [6, 6.07) is 2.08. The van der Waals surface area contributed by atoms with Gasteiger partial charge in [0.15, 0.2) is 0 Å². The van der Waals surface area contributed by atoms with Gasteiger partial charge in [-0.05, 0) is 31.0 Å². The maximum Gasteiger partial charge on any atom is 0.128 e. The quantitative estimate of drug-likeness (QED) is 0.733. The number of nitrogens with zero attached hydrogens (tertiary/aromatic N) is 2. The fraction of sp³-hybridized carbons (Fsp3) is 0.643. The summed E-state index contributed by atoms with van der Waals surface area (Å²) in [6.45, 7) is 7.21. The van der Waals surface area contributed by atoms with E-state index < -0.39 is 0 Å². The third-order valence-corrected chi connectivity index (χ3v) is 3.24. The summed E-state index contributed by atoms with van der Waals surface area (Å²) >= 11 is 6.16. The first-order valence-corrected chi connectivity index (χ1v) is 7.13. The van der Waals surface area contributed by atoms with Gasteiger partial charge >= 0.3 is 0 Å². The molecule has 4 heteroatoms. The number of hydrogen-bond acceptors (Lipinski definition) is 3. The highest BCUT2D eigenvalue weighted by molar-refractivity contribution is 6.31. The van der Waals surface area contributed by atoms with Gasteiger partial charge in [0.25, 0.3) is 0 Å². The third-order valence-electron chi connectivity index (χ3n) is 2.90. The van der Waals surface area contributed by atoms with Crippen LogP contribution in [0.15, 0.2) is 12.3 Å². The Balaban J connectivity index is 2.67. The molecule has 0 aliphatic carbocycles. The summed E-state index contributed by atoms with van der Waals surface area (Å²) in [5.41, 5.74) is 1.12. The number of aromatic nitrogens is 1. The molecule has 0 saturated carbocycles. The molecule has 0 bridgehead atoms. The lowest BCUT2D eigenvalue weighted by Crippen LogP contribution is -2.20. The number of nitrogens with one attached hydrogen (secondary N) is 1. The first kappa shape index (κ1) is 15.3. The summed E-state index contributed by atoms with van der Waals surface area (Å²) in [6.07, 6.45) is 5.27. The van der Waals surface area contributed by atoms with Gasteiger partial charge in [-0.2, -0.15) is 0 Å².